The lowest BCUT2D eigenvalue weighted by Gasteiger charge is -2.13. The number of hydrogen-bond acceptors (Lipinski definition) is 5. The second-order valence-electron chi connectivity index (χ2n) is 5.47. The van der Waals surface area contributed by atoms with Gasteiger partial charge in [-0.05, 0) is 6.92 Å². The molecular formula is C16H21Cl2N3O2S. The number of nitrogens with one attached hydrogen (secondary N) is 2. The summed E-state index contributed by atoms with van der Waals surface area (Å²) in [6.07, 6.45) is -0.392. The van der Waals surface area contributed by atoms with Gasteiger partial charge in [-0.25, -0.2) is 4.98 Å². The smallest absolute Gasteiger partial charge is 0.263 e. The van der Waals surface area contributed by atoms with Gasteiger partial charge in [-0.3, -0.25) is 4.79 Å². The van der Waals surface area contributed by atoms with E-state index in [-0.39, 0.29) is 36.6 Å². The first-order valence-electron chi connectivity index (χ1n) is 7.35. The van der Waals surface area contributed by atoms with Crippen molar-refractivity contribution in [1.29, 1.82) is 0 Å². The highest BCUT2D eigenvalue weighted by Gasteiger charge is 2.26. The Hall–Kier alpha value is -1.18. The van der Waals surface area contributed by atoms with Gasteiger partial charge in [0.15, 0.2) is 0 Å². The largest absolute Gasteiger partial charge is 0.391 e. The fourth-order valence-corrected chi connectivity index (χ4v) is 3.46. The van der Waals surface area contributed by atoms with Gasteiger partial charge in [0.05, 0.1) is 16.8 Å². The van der Waals surface area contributed by atoms with Crippen molar-refractivity contribution in [3.05, 3.63) is 40.2 Å². The molecule has 1 aliphatic rings. The molecule has 2 heterocycles. The Kier molecular flexibility index (Phi) is 8.12. The third-order valence-electron chi connectivity index (χ3n) is 3.82. The van der Waals surface area contributed by atoms with Crippen LogP contribution in [-0.4, -0.2) is 41.7 Å². The van der Waals surface area contributed by atoms with Crippen LogP contribution >= 0.6 is 36.2 Å². The maximum absolute atomic E-state index is 12.5. The number of benzene rings is 1. The normalized spacial score (nSPS) is 19.2. The van der Waals surface area contributed by atoms with E-state index in [0.717, 1.165) is 22.8 Å². The van der Waals surface area contributed by atoms with Crippen LogP contribution in [0.2, 0.25) is 0 Å². The van der Waals surface area contributed by atoms with E-state index in [1.54, 1.807) is 0 Å². The Labute approximate surface area is 157 Å². The molecule has 1 saturated heterocycles. The molecule has 2 aromatic rings. The summed E-state index contributed by atoms with van der Waals surface area (Å²) in [4.78, 5) is 17.6. The standard InChI is InChI=1S/C16H19N3O2S.2ClH/c1-10-19-14(11-5-3-2-4-6-11)15(22-10)16(21)18-8-12-7-17-9-13(12)20;;/h2-6,12-13,17,20H,7-9H2,1H3,(H,18,21);2*1H. The Bertz CT molecular complexity index is 667. The third-order valence-corrected chi connectivity index (χ3v) is 4.79. The van der Waals surface area contributed by atoms with Crippen LogP contribution in [0.5, 0.6) is 0 Å². The molecule has 5 nitrogen and oxygen atoms in total. The predicted molar refractivity (Wildman–Crippen MR) is 101 cm³/mol. The van der Waals surface area contributed by atoms with Crippen LogP contribution in [0.4, 0.5) is 0 Å². The zero-order valence-electron chi connectivity index (χ0n) is 13.2. The van der Waals surface area contributed by atoms with Gasteiger partial charge in [0.2, 0.25) is 0 Å². The quantitative estimate of drug-likeness (QED) is 0.749. The number of carbonyl (C=O) groups is 1. The molecule has 1 amide bonds. The molecule has 1 aromatic carbocycles. The Morgan fingerprint density at radius 3 is 2.67 bits per heavy atom. The number of nitrogens with zero attached hydrogens (tertiary/aromatic N) is 1. The molecule has 0 saturated carbocycles. The van der Waals surface area contributed by atoms with Crippen LogP contribution in [0, 0.1) is 12.8 Å². The van der Waals surface area contributed by atoms with Crippen molar-refractivity contribution in [1.82, 2.24) is 15.6 Å². The number of hydrogen-bond donors (Lipinski definition) is 3. The average molecular weight is 390 g/mol. The number of aromatic nitrogens is 1. The van der Waals surface area contributed by atoms with Crippen molar-refractivity contribution in [2.45, 2.75) is 13.0 Å². The van der Waals surface area contributed by atoms with Crippen molar-refractivity contribution in [2.75, 3.05) is 19.6 Å². The first-order chi connectivity index (χ1) is 10.6. The monoisotopic (exact) mass is 389 g/mol. The molecule has 1 fully saturated rings. The van der Waals surface area contributed by atoms with E-state index in [0.29, 0.717) is 18.0 Å². The summed E-state index contributed by atoms with van der Waals surface area (Å²) >= 11 is 1.40. The van der Waals surface area contributed by atoms with Gasteiger partial charge in [0.25, 0.3) is 5.91 Å². The lowest BCUT2D eigenvalue weighted by molar-refractivity contribution is 0.0931. The summed E-state index contributed by atoms with van der Waals surface area (Å²) in [5, 5.41) is 16.7. The molecular weight excluding hydrogens is 369 g/mol. The fourth-order valence-electron chi connectivity index (χ4n) is 2.60. The molecule has 3 rings (SSSR count). The van der Waals surface area contributed by atoms with E-state index in [4.69, 9.17) is 0 Å². The maximum Gasteiger partial charge on any atom is 0.263 e. The molecule has 1 aromatic heterocycles. The van der Waals surface area contributed by atoms with Crippen LogP contribution in [0.3, 0.4) is 0 Å². The van der Waals surface area contributed by atoms with Gasteiger partial charge in [0, 0.05) is 31.1 Å². The molecule has 1 aliphatic heterocycles. The number of aryl methyl sites for hydroxylation is 1. The number of thiazole rings is 1. The number of aliphatic hydroxyl groups excluding tert-OH is 1. The van der Waals surface area contributed by atoms with Crippen LogP contribution in [0.15, 0.2) is 30.3 Å². The Morgan fingerprint density at radius 2 is 2.04 bits per heavy atom. The van der Waals surface area contributed by atoms with E-state index in [9.17, 15) is 9.90 Å². The van der Waals surface area contributed by atoms with Gasteiger partial charge in [-0.2, -0.15) is 0 Å². The number of β-amino-alcohol motifs (C(OH)–C–C–N with tert-alkyl or cyclic N) is 1. The number of rotatable bonds is 4. The lowest BCUT2D eigenvalue weighted by atomic mass is 10.1. The van der Waals surface area contributed by atoms with Gasteiger partial charge < -0.3 is 15.7 Å². The molecule has 132 valence electrons. The summed E-state index contributed by atoms with van der Waals surface area (Å²) in [5.41, 5.74) is 1.67. The molecule has 0 spiro atoms. The minimum Gasteiger partial charge on any atom is -0.391 e. The molecule has 2 atom stereocenters. The number of carbonyl (C=O) groups excluding carboxylic acids is 1. The molecule has 8 heteroatoms. The highest BCUT2D eigenvalue weighted by Crippen LogP contribution is 2.27. The van der Waals surface area contributed by atoms with Crippen molar-refractivity contribution in [2.24, 2.45) is 5.92 Å². The molecule has 2 unspecified atom stereocenters. The van der Waals surface area contributed by atoms with Crippen molar-refractivity contribution in [3.63, 3.8) is 0 Å². The van der Waals surface area contributed by atoms with Crippen molar-refractivity contribution >= 4 is 42.1 Å². The van der Waals surface area contributed by atoms with E-state index >= 15 is 0 Å². The summed E-state index contributed by atoms with van der Waals surface area (Å²) < 4.78 is 0. The van der Waals surface area contributed by atoms with Crippen LogP contribution in [0.25, 0.3) is 11.3 Å². The first kappa shape index (κ1) is 20.9. The average Bonchev–Trinajstić information content (AvgIpc) is 3.11. The number of amides is 1. The minimum atomic E-state index is -0.392. The summed E-state index contributed by atoms with van der Waals surface area (Å²) in [5.74, 6) is -0.0540. The SMILES string of the molecule is Cc1nc(-c2ccccc2)c(C(=O)NCC2CNCC2O)s1.Cl.Cl. The van der Waals surface area contributed by atoms with Crippen LogP contribution < -0.4 is 10.6 Å². The van der Waals surface area contributed by atoms with Crippen molar-refractivity contribution < 1.29 is 9.90 Å². The highest BCUT2D eigenvalue weighted by molar-refractivity contribution is 7.14. The molecule has 0 radical (unpaired) electrons. The van der Waals surface area contributed by atoms with Crippen LogP contribution in [-0.2, 0) is 0 Å². The summed E-state index contributed by atoms with van der Waals surface area (Å²) in [6, 6.07) is 9.72. The predicted octanol–water partition coefficient (Wildman–Crippen LogP) is 2.27. The first-order valence-corrected chi connectivity index (χ1v) is 8.16. The Morgan fingerprint density at radius 1 is 1.33 bits per heavy atom. The molecule has 24 heavy (non-hydrogen) atoms. The zero-order valence-corrected chi connectivity index (χ0v) is 15.6. The number of aliphatic hydroxyl groups is 1. The molecule has 0 aliphatic carbocycles. The van der Waals surface area contributed by atoms with E-state index in [1.807, 2.05) is 37.3 Å². The summed E-state index contributed by atoms with van der Waals surface area (Å²) in [7, 11) is 0. The zero-order chi connectivity index (χ0) is 15.5. The summed E-state index contributed by atoms with van der Waals surface area (Å²) in [6.45, 7) is 3.70. The fraction of sp³-hybridized carbons (Fsp3) is 0.375. The maximum atomic E-state index is 12.5. The topological polar surface area (TPSA) is 74.2 Å². The van der Waals surface area contributed by atoms with Gasteiger partial charge in [0.1, 0.15) is 4.88 Å². The van der Waals surface area contributed by atoms with Crippen LogP contribution in [0.1, 0.15) is 14.7 Å². The number of halogens is 2. The molecule has 3 N–H and O–H groups in total. The highest BCUT2D eigenvalue weighted by atomic mass is 35.5. The second kappa shape index (κ2) is 9.34. The molecule has 0 bridgehead atoms. The third kappa shape index (κ3) is 4.68. The van der Waals surface area contributed by atoms with Gasteiger partial charge >= 0.3 is 0 Å². The minimum absolute atomic E-state index is 0. The van der Waals surface area contributed by atoms with Gasteiger partial charge in [-0.15, -0.1) is 36.2 Å². The van der Waals surface area contributed by atoms with Crippen molar-refractivity contribution in [3.8, 4) is 11.3 Å². The Balaban J connectivity index is 0.00000144. The van der Waals surface area contributed by atoms with E-state index in [1.165, 1.54) is 11.3 Å². The van der Waals surface area contributed by atoms with Gasteiger partial charge in [-0.1, -0.05) is 30.3 Å². The van der Waals surface area contributed by atoms with E-state index in [2.05, 4.69) is 15.6 Å². The second-order valence-corrected chi connectivity index (χ2v) is 6.68. The lowest BCUT2D eigenvalue weighted by Crippen LogP contribution is -2.34. The van der Waals surface area contributed by atoms with E-state index < -0.39 is 6.10 Å².